The van der Waals surface area contributed by atoms with E-state index in [1.807, 2.05) is 42.5 Å². The number of hydrogen-bond donors (Lipinski definition) is 1. The fraction of sp³-hybridized carbons (Fsp3) is 0.120. The maximum absolute atomic E-state index is 13.0. The van der Waals surface area contributed by atoms with Crippen molar-refractivity contribution < 1.29 is 14.7 Å². The average molecular weight is 418 g/mol. The molecule has 1 heterocycles. The van der Waals surface area contributed by atoms with E-state index in [1.165, 1.54) is 4.90 Å². The number of ketones is 1. The molecule has 1 aliphatic rings. The van der Waals surface area contributed by atoms with Gasteiger partial charge >= 0.3 is 0 Å². The summed E-state index contributed by atoms with van der Waals surface area (Å²) in [6.45, 7) is 0.345. The van der Waals surface area contributed by atoms with Crippen LogP contribution < -0.4 is 0 Å². The predicted molar refractivity (Wildman–Crippen MR) is 117 cm³/mol. The molecule has 4 nitrogen and oxygen atoms in total. The van der Waals surface area contributed by atoms with Crippen molar-refractivity contribution >= 4 is 29.1 Å². The molecule has 1 atom stereocenters. The summed E-state index contributed by atoms with van der Waals surface area (Å²) in [5, 5.41) is 11.5. The van der Waals surface area contributed by atoms with E-state index in [-0.39, 0.29) is 11.3 Å². The zero-order valence-electron chi connectivity index (χ0n) is 16.2. The lowest BCUT2D eigenvalue weighted by Crippen LogP contribution is -2.31. The number of hydrogen-bond acceptors (Lipinski definition) is 3. The Morgan fingerprint density at radius 3 is 2.23 bits per heavy atom. The molecule has 1 N–H and O–H groups in total. The summed E-state index contributed by atoms with van der Waals surface area (Å²) in [5.74, 6) is -1.48. The molecular weight excluding hydrogens is 398 g/mol. The van der Waals surface area contributed by atoms with Crippen LogP contribution in [-0.2, 0) is 16.0 Å². The van der Waals surface area contributed by atoms with E-state index < -0.39 is 17.7 Å². The van der Waals surface area contributed by atoms with Crippen LogP contribution in [0.15, 0.2) is 90.5 Å². The van der Waals surface area contributed by atoms with Gasteiger partial charge in [0, 0.05) is 17.1 Å². The topological polar surface area (TPSA) is 57.6 Å². The maximum Gasteiger partial charge on any atom is 0.295 e. The van der Waals surface area contributed by atoms with Crippen LogP contribution in [0.4, 0.5) is 0 Å². The Labute approximate surface area is 180 Å². The van der Waals surface area contributed by atoms with Gasteiger partial charge in [-0.15, -0.1) is 0 Å². The molecule has 4 rings (SSSR count). The van der Waals surface area contributed by atoms with Gasteiger partial charge in [-0.25, -0.2) is 0 Å². The Kier molecular flexibility index (Phi) is 5.68. The third-order valence-electron chi connectivity index (χ3n) is 5.24. The summed E-state index contributed by atoms with van der Waals surface area (Å²) in [5.41, 5.74) is 2.33. The van der Waals surface area contributed by atoms with E-state index in [1.54, 1.807) is 42.5 Å². The number of carbonyl (C=O) groups excluding carboxylic acids is 2. The van der Waals surface area contributed by atoms with Crippen LogP contribution in [0.5, 0.6) is 0 Å². The zero-order valence-corrected chi connectivity index (χ0v) is 16.9. The van der Waals surface area contributed by atoms with Crippen LogP contribution in [0.25, 0.3) is 5.76 Å². The molecule has 30 heavy (non-hydrogen) atoms. The molecule has 0 aliphatic carbocycles. The van der Waals surface area contributed by atoms with Gasteiger partial charge in [-0.3, -0.25) is 9.59 Å². The smallest absolute Gasteiger partial charge is 0.295 e. The van der Waals surface area contributed by atoms with Crippen LogP contribution >= 0.6 is 11.6 Å². The molecule has 150 valence electrons. The minimum atomic E-state index is -0.701. The van der Waals surface area contributed by atoms with Gasteiger partial charge in [0.2, 0.25) is 0 Å². The minimum Gasteiger partial charge on any atom is -0.507 e. The number of amides is 1. The van der Waals surface area contributed by atoms with Crippen molar-refractivity contribution in [3.63, 3.8) is 0 Å². The molecule has 1 amide bonds. The number of halogens is 1. The van der Waals surface area contributed by atoms with Gasteiger partial charge in [-0.05, 0) is 29.7 Å². The molecule has 0 saturated carbocycles. The van der Waals surface area contributed by atoms with Gasteiger partial charge in [0.05, 0.1) is 11.6 Å². The highest BCUT2D eigenvalue weighted by Gasteiger charge is 2.45. The summed E-state index contributed by atoms with van der Waals surface area (Å²) < 4.78 is 0. The van der Waals surface area contributed by atoms with Crippen LogP contribution in [0.1, 0.15) is 22.7 Å². The van der Waals surface area contributed by atoms with E-state index in [9.17, 15) is 14.7 Å². The quantitative estimate of drug-likeness (QED) is 0.361. The number of aliphatic hydroxyl groups excluding tert-OH is 1. The number of nitrogens with zero attached hydrogens (tertiary/aromatic N) is 1. The van der Waals surface area contributed by atoms with E-state index in [0.29, 0.717) is 29.1 Å². The van der Waals surface area contributed by atoms with Gasteiger partial charge in [0.15, 0.2) is 0 Å². The monoisotopic (exact) mass is 417 g/mol. The van der Waals surface area contributed by atoms with Crippen molar-refractivity contribution in [1.29, 1.82) is 0 Å². The van der Waals surface area contributed by atoms with Crippen LogP contribution in [0.3, 0.4) is 0 Å². The summed E-state index contributed by atoms with van der Waals surface area (Å²) in [4.78, 5) is 27.4. The van der Waals surface area contributed by atoms with Crippen LogP contribution in [-0.4, -0.2) is 28.2 Å². The second-order valence-electron chi connectivity index (χ2n) is 7.15. The van der Waals surface area contributed by atoms with Crippen molar-refractivity contribution in [3.8, 4) is 0 Å². The fourth-order valence-corrected chi connectivity index (χ4v) is 3.98. The lowest BCUT2D eigenvalue weighted by atomic mass is 9.95. The van der Waals surface area contributed by atoms with Crippen molar-refractivity contribution in [2.45, 2.75) is 12.5 Å². The first-order valence-corrected chi connectivity index (χ1v) is 10.1. The van der Waals surface area contributed by atoms with Crippen molar-refractivity contribution in [3.05, 3.63) is 112 Å². The Morgan fingerprint density at radius 1 is 0.900 bits per heavy atom. The van der Waals surface area contributed by atoms with Gasteiger partial charge in [0.1, 0.15) is 5.76 Å². The van der Waals surface area contributed by atoms with Crippen LogP contribution in [0, 0.1) is 0 Å². The first-order chi connectivity index (χ1) is 14.6. The Hall–Kier alpha value is -3.37. The SMILES string of the molecule is O=C1C(=O)N(CCc2ccccc2)C(c2cccc(Cl)c2)C1=C(O)c1ccccc1. The van der Waals surface area contributed by atoms with E-state index in [2.05, 4.69) is 0 Å². The lowest BCUT2D eigenvalue weighted by Gasteiger charge is -2.25. The number of Topliss-reactive ketones (excluding diaryl/α,β-unsaturated/α-hetero) is 1. The highest BCUT2D eigenvalue weighted by atomic mass is 35.5. The Balaban J connectivity index is 1.79. The predicted octanol–water partition coefficient (Wildman–Crippen LogP) is 5.00. The normalized spacial score (nSPS) is 18.0. The number of rotatable bonds is 5. The highest BCUT2D eigenvalue weighted by molar-refractivity contribution is 6.46. The number of likely N-dealkylation sites (tertiary alicyclic amines) is 1. The molecule has 1 unspecified atom stereocenters. The summed E-state index contributed by atoms with van der Waals surface area (Å²) in [7, 11) is 0. The summed E-state index contributed by atoms with van der Waals surface area (Å²) in [6, 6.07) is 24.9. The van der Waals surface area contributed by atoms with Crippen molar-refractivity contribution in [1.82, 2.24) is 4.90 Å². The summed E-state index contributed by atoms with van der Waals surface area (Å²) in [6.07, 6.45) is 0.594. The highest BCUT2D eigenvalue weighted by Crippen LogP contribution is 2.40. The first-order valence-electron chi connectivity index (χ1n) is 9.69. The van der Waals surface area contributed by atoms with Gasteiger partial charge < -0.3 is 10.0 Å². The Morgan fingerprint density at radius 2 is 1.57 bits per heavy atom. The molecule has 1 aliphatic heterocycles. The Bertz CT molecular complexity index is 1110. The second kappa shape index (κ2) is 8.56. The number of benzene rings is 3. The van der Waals surface area contributed by atoms with Crippen molar-refractivity contribution in [2.24, 2.45) is 0 Å². The molecule has 1 fully saturated rings. The third kappa shape index (κ3) is 3.87. The molecular formula is C25H20ClNO3. The van der Waals surface area contributed by atoms with Gasteiger partial charge in [-0.1, -0.05) is 84.4 Å². The molecule has 5 heteroatoms. The third-order valence-corrected chi connectivity index (χ3v) is 5.47. The molecule has 1 saturated heterocycles. The number of aliphatic hydroxyl groups is 1. The average Bonchev–Trinajstić information content (AvgIpc) is 3.03. The second-order valence-corrected chi connectivity index (χ2v) is 7.59. The molecule has 0 bridgehead atoms. The summed E-state index contributed by atoms with van der Waals surface area (Å²) >= 11 is 6.19. The van der Waals surface area contributed by atoms with E-state index in [4.69, 9.17) is 11.6 Å². The molecule has 3 aromatic rings. The largest absolute Gasteiger partial charge is 0.507 e. The molecule has 0 spiro atoms. The lowest BCUT2D eigenvalue weighted by molar-refractivity contribution is -0.139. The zero-order chi connectivity index (χ0) is 21.1. The van der Waals surface area contributed by atoms with Gasteiger partial charge in [0.25, 0.3) is 11.7 Å². The fourth-order valence-electron chi connectivity index (χ4n) is 3.78. The molecule has 3 aromatic carbocycles. The van der Waals surface area contributed by atoms with Crippen LogP contribution in [0.2, 0.25) is 5.02 Å². The first kappa shape index (κ1) is 19.9. The van der Waals surface area contributed by atoms with Crippen molar-refractivity contribution in [2.75, 3.05) is 6.54 Å². The molecule has 0 radical (unpaired) electrons. The van der Waals surface area contributed by atoms with Gasteiger partial charge in [-0.2, -0.15) is 0 Å². The standard InChI is InChI=1S/C25H20ClNO3/c26-20-13-7-12-19(16-20)22-21(23(28)18-10-5-2-6-11-18)24(29)25(30)27(22)15-14-17-8-3-1-4-9-17/h1-13,16,22,28H,14-15H2. The van der Waals surface area contributed by atoms with E-state index >= 15 is 0 Å². The van der Waals surface area contributed by atoms with E-state index in [0.717, 1.165) is 5.56 Å². The maximum atomic E-state index is 13.0. The minimum absolute atomic E-state index is 0.0847. The number of carbonyl (C=O) groups is 2. The molecule has 0 aromatic heterocycles.